The number of carbonyl (C=O) groups excluding carboxylic acids is 1. The van der Waals surface area contributed by atoms with Gasteiger partial charge in [-0.05, 0) is 72.5 Å². The number of rotatable bonds is 5. The van der Waals surface area contributed by atoms with Gasteiger partial charge in [0.1, 0.15) is 5.82 Å². The maximum atomic E-state index is 13.0. The summed E-state index contributed by atoms with van der Waals surface area (Å²) in [6.07, 6.45) is 4.24. The van der Waals surface area contributed by atoms with Gasteiger partial charge in [-0.15, -0.1) is 0 Å². The second-order valence-electron chi connectivity index (χ2n) is 6.71. The highest BCUT2D eigenvalue weighted by Crippen LogP contribution is 2.47. The van der Waals surface area contributed by atoms with Crippen LogP contribution < -0.4 is 5.32 Å². The molecule has 1 aliphatic carbocycles. The van der Waals surface area contributed by atoms with E-state index in [0.717, 1.165) is 24.1 Å². The predicted octanol–water partition coefficient (Wildman–Crippen LogP) is 3.80. The summed E-state index contributed by atoms with van der Waals surface area (Å²) in [6, 6.07) is 14.4. The lowest BCUT2D eigenvalue weighted by Crippen LogP contribution is -2.14. The van der Waals surface area contributed by atoms with Gasteiger partial charge in [-0.1, -0.05) is 6.07 Å². The molecule has 0 saturated heterocycles. The van der Waals surface area contributed by atoms with Crippen LogP contribution in [0.4, 0.5) is 10.1 Å². The Labute approximate surface area is 162 Å². The van der Waals surface area contributed by atoms with Crippen molar-refractivity contribution in [3.8, 4) is 0 Å². The molecule has 0 aliphatic heterocycles. The molecule has 7 heteroatoms. The molecule has 0 radical (unpaired) electrons. The summed E-state index contributed by atoms with van der Waals surface area (Å²) in [5.41, 5.74) is 1.57. The van der Waals surface area contributed by atoms with Gasteiger partial charge >= 0.3 is 0 Å². The molecule has 1 aromatic heterocycles. The van der Waals surface area contributed by atoms with Crippen LogP contribution in [0.15, 0.2) is 82.8 Å². The summed E-state index contributed by atoms with van der Waals surface area (Å²) < 4.78 is 38.2. The first-order valence-electron chi connectivity index (χ1n) is 8.77. The number of anilines is 1. The number of nitrogens with one attached hydrogen (secondary N) is 1. The zero-order chi connectivity index (χ0) is 19.7. The second-order valence-corrected chi connectivity index (χ2v) is 8.66. The van der Waals surface area contributed by atoms with Crippen LogP contribution in [-0.2, 0) is 14.6 Å². The van der Waals surface area contributed by atoms with Crippen LogP contribution in [0.2, 0.25) is 0 Å². The fourth-order valence-corrected chi connectivity index (χ4v) is 4.41. The van der Waals surface area contributed by atoms with E-state index in [4.69, 9.17) is 0 Å². The minimum atomic E-state index is -3.74. The van der Waals surface area contributed by atoms with Crippen molar-refractivity contribution in [2.24, 2.45) is 5.92 Å². The highest BCUT2D eigenvalue weighted by atomic mass is 32.2. The van der Waals surface area contributed by atoms with Crippen LogP contribution >= 0.6 is 0 Å². The lowest BCUT2D eigenvalue weighted by atomic mass is 10.1. The third-order valence-electron chi connectivity index (χ3n) is 4.80. The fourth-order valence-electron chi connectivity index (χ4n) is 3.15. The highest BCUT2D eigenvalue weighted by molar-refractivity contribution is 7.91. The second kappa shape index (κ2) is 7.16. The molecule has 1 saturated carbocycles. The molecule has 28 heavy (non-hydrogen) atoms. The third-order valence-corrected chi connectivity index (χ3v) is 6.58. The molecule has 2 atom stereocenters. The van der Waals surface area contributed by atoms with Gasteiger partial charge in [0.2, 0.25) is 15.7 Å². The summed E-state index contributed by atoms with van der Waals surface area (Å²) in [6.45, 7) is 0. The first-order chi connectivity index (χ1) is 13.4. The molecule has 5 nitrogen and oxygen atoms in total. The Kier molecular flexibility index (Phi) is 4.68. The molecule has 1 N–H and O–H groups in total. The van der Waals surface area contributed by atoms with Gasteiger partial charge in [0, 0.05) is 24.0 Å². The van der Waals surface area contributed by atoms with Crippen LogP contribution in [0.3, 0.4) is 0 Å². The SMILES string of the molecule is O=C(Nc1ccc(S(=O)(=O)c2ccc(F)cc2)cc1)[C@H]1C[C@@H]1c1cccnc1. The summed E-state index contributed by atoms with van der Waals surface area (Å²) in [7, 11) is -3.74. The Bertz CT molecular complexity index is 1100. The third kappa shape index (κ3) is 3.66. The van der Waals surface area contributed by atoms with Gasteiger partial charge in [0.15, 0.2) is 0 Å². The van der Waals surface area contributed by atoms with E-state index in [1.807, 2.05) is 12.1 Å². The Morgan fingerprint density at radius 1 is 1.00 bits per heavy atom. The largest absolute Gasteiger partial charge is 0.326 e. The fraction of sp³-hybridized carbons (Fsp3) is 0.143. The molecule has 2 aromatic carbocycles. The molecular formula is C21H17FN2O3S. The van der Waals surface area contributed by atoms with Crippen LogP contribution in [0.25, 0.3) is 0 Å². The van der Waals surface area contributed by atoms with Gasteiger partial charge in [0.25, 0.3) is 0 Å². The minimum Gasteiger partial charge on any atom is -0.326 e. The molecule has 3 aromatic rings. The van der Waals surface area contributed by atoms with Crippen molar-refractivity contribution >= 4 is 21.4 Å². The minimum absolute atomic E-state index is 0.0166. The lowest BCUT2D eigenvalue weighted by molar-refractivity contribution is -0.117. The number of amides is 1. The quantitative estimate of drug-likeness (QED) is 0.666. The number of carbonyl (C=O) groups is 1. The van der Waals surface area contributed by atoms with E-state index in [0.29, 0.717) is 5.69 Å². The number of aromatic nitrogens is 1. The van der Waals surface area contributed by atoms with Gasteiger partial charge in [-0.25, -0.2) is 12.8 Å². The average molecular weight is 396 g/mol. The zero-order valence-corrected chi connectivity index (χ0v) is 15.6. The topological polar surface area (TPSA) is 76.1 Å². The summed E-state index contributed by atoms with van der Waals surface area (Å²) in [4.78, 5) is 16.6. The number of hydrogen-bond acceptors (Lipinski definition) is 4. The van der Waals surface area contributed by atoms with Crippen molar-refractivity contribution in [3.63, 3.8) is 0 Å². The maximum absolute atomic E-state index is 13.0. The number of halogens is 1. The van der Waals surface area contributed by atoms with Crippen molar-refractivity contribution in [1.29, 1.82) is 0 Å². The van der Waals surface area contributed by atoms with E-state index >= 15 is 0 Å². The molecule has 1 fully saturated rings. The van der Waals surface area contributed by atoms with E-state index in [2.05, 4.69) is 10.3 Å². The van der Waals surface area contributed by atoms with Gasteiger partial charge in [-0.3, -0.25) is 9.78 Å². The molecule has 0 bridgehead atoms. The van der Waals surface area contributed by atoms with E-state index in [9.17, 15) is 17.6 Å². The number of benzene rings is 2. The Balaban J connectivity index is 1.44. The maximum Gasteiger partial charge on any atom is 0.228 e. The van der Waals surface area contributed by atoms with Crippen molar-refractivity contribution in [1.82, 2.24) is 4.98 Å². The molecule has 0 spiro atoms. The van der Waals surface area contributed by atoms with Gasteiger partial charge < -0.3 is 5.32 Å². The number of nitrogens with zero attached hydrogens (tertiary/aromatic N) is 1. The van der Waals surface area contributed by atoms with Crippen molar-refractivity contribution in [2.45, 2.75) is 22.1 Å². The molecule has 4 rings (SSSR count). The molecular weight excluding hydrogens is 379 g/mol. The predicted molar refractivity (Wildman–Crippen MR) is 102 cm³/mol. The van der Waals surface area contributed by atoms with Crippen LogP contribution in [0.5, 0.6) is 0 Å². The zero-order valence-electron chi connectivity index (χ0n) is 14.7. The molecule has 142 valence electrons. The first kappa shape index (κ1) is 18.3. The van der Waals surface area contributed by atoms with Crippen LogP contribution in [0.1, 0.15) is 17.9 Å². The molecule has 1 amide bonds. The molecule has 1 heterocycles. The van der Waals surface area contributed by atoms with E-state index in [1.165, 1.54) is 24.3 Å². The van der Waals surface area contributed by atoms with Crippen molar-refractivity contribution in [2.75, 3.05) is 5.32 Å². The average Bonchev–Trinajstić information content (AvgIpc) is 3.51. The summed E-state index contributed by atoms with van der Waals surface area (Å²) >= 11 is 0. The molecule has 0 unspecified atom stereocenters. The standard InChI is InChI=1S/C21H17FN2O3S/c22-15-3-7-17(8-4-15)28(26,27)18-9-5-16(6-10-18)24-21(25)20-12-19(20)14-2-1-11-23-13-14/h1-11,13,19-20H,12H2,(H,24,25)/t19-,20+/m1/s1. The Morgan fingerprint density at radius 3 is 2.25 bits per heavy atom. The van der Waals surface area contributed by atoms with E-state index in [1.54, 1.807) is 24.5 Å². The van der Waals surface area contributed by atoms with Crippen LogP contribution in [0, 0.1) is 11.7 Å². The Hall–Kier alpha value is -3.06. The smallest absolute Gasteiger partial charge is 0.228 e. The first-order valence-corrected chi connectivity index (χ1v) is 10.2. The normalized spacial score (nSPS) is 18.5. The van der Waals surface area contributed by atoms with Gasteiger partial charge in [-0.2, -0.15) is 0 Å². The number of sulfone groups is 1. The lowest BCUT2D eigenvalue weighted by Gasteiger charge is -2.08. The van der Waals surface area contributed by atoms with Gasteiger partial charge in [0.05, 0.1) is 9.79 Å². The number of pyridine rings is 1. The summed E-state index contributed by atoms with van der Waals surface area (Å²) in [5.74, 6) is -0.525. The monoisotopic (exact) mass is 396 g/mol. The van der Waals surface area contributed by atoms with Crippen LogP contribution in [-0.4, -0.2) is 19.3 Å². The summed E-state index contributed by atoms with van der Waals surface area (Å²) in [5, 5.41) is 2.83. The van der Waals surface area contributed by atoms with E-state index < -0.39 is 15.7 Å². The molecule has 1 aliphatic rings. The van der Waals surface area contributed by atoms with E-state index in [-0.39, 0.29) is 27.5 Å². The number of hydrogen-bond donors (Lipinski definition) is 1. The highest BCUT2D eigenvalue weighted by Gasteiger charge is 2.44. The van der Waals surface area contributed by atoms with Crippen molar-refractivity contribution < 1.29 is 17.6 Å². The Morgan fingerprint density at radius 2 is 1.64 bits per heavy atom. The van der Waals surface area contributed by atoms with Crippen molar-refractivity contribution in [3.05, 3.63) is 84.4 Å².